The van der Waals surface area contributed by atoms with Crippen molar-refractivity contribution in [2.24, 2.45) is 5.73 Å². The average molecular weight is 330 g/mol. The Hall–Kier alpha value is -2.60. The van der Waals surface area contributed by atoms with Crippen LogP contribution in [0.5, 0.6) is 11.5 Å². The second-order valence-corrected chi connectivity index (χ2v) is 5.20. The highest BCUT2D eigenvalue weighted by Crippen LogP contribution is 2.28. The molecule has 3 N–H and O–H groups in total. The van der Waals surface area contributed by atoms with Crippen LogP contribution in [0.25, 0.3) is 0 Å². The number of primary amides is 1. The minimum Gasteiger partial charge on any atom is -0.493 e. The number of methoxy groups -OCH3 is 1. The molecule has 0 heterocycles. The van der Waals surface area contributed by atoms with Gasteiger partial charge in [-0.3, -0.25) is 4.79 Å². The Morgan fingerprint density at radius 1 is 1.17 bits per heavy atom. The summed E-state index contributed by atoms with van der Waals surface area (Å²) in [6, 6.07) is 15.2. The van der Waals surface area contributed by atoms with Gasteiger partial charge in [0.05, 0.1) is 7.11 Å². The van der Waals surface area contributed by atoms with E-state index >= 15 is 0 Å². The highest BCUT2D eigenvalue weighted by atomic mass is 32.1. The summed E-state index contributed by atoms with van der Waals surface area (Å²) in [4.78, 5) is 11.4. The van der Waals surface area contributed by atoms with Crippen molar-refractivity contribution < 1.29 is 14.3 Å². The first-order chi connectivity index (χ1) is 11.1. The lowest BCUT2D eigenvalue weighted by Crippen LogP contribution is -2.22. The van der Waals surface area contributed by atoms with Crippen LogP contribution in [-0.2, 0) is 11.3 Å². The molecule has 0 spiro atoms. The third kappa shape index (κ3) is 4.96. The molecule has 0 aromatic heterocycles. The van der Waals surface area contributed by atoms with E-state index in [0.717, 1.165) is 11.1 Å². The Morgan fingerprint density at radius 3 is 2.57 bits per heavy atom. The van der Waals surface area contributed by atoms with Crippen LogP contribution in [0.4, 0.5) is 0 Å². The van der Waals surface area contributed by atoms with Gasteiger partial charge in [0.25, 0.3) is 5.91 Å². The van der Waals surface area contributed by atoms with Crippen LogP contribution in [0.1, 0.15) is 11.1 Å². The number of nitrogens with one attached hydrogen (secondary N) is 1. The van der Waals surface area contributed by atoms with Gasteiger partial charge in [-0.2, -0.15) is 0 Å². The van der Waals surface area contributed by atoms with Crippen LogP contribution in [0.15, 0.2) is 48.5 Å². The third-order valence-corrected chi connectivity index (χ3v) is 3.47. The number of amides is 1. The molecular weight excluding hydrogens is 312 g/mol. The quantitative estimate of drug-likeness (QED) is 0.760. The van der Waals surface area contributed by atoms with E-state index in [1.165, 1.54) is 7.11 Å². The van der Waals surface area contributed by atoms with E-state index in [2.05, 4.69) is 5.32 Å². The molecule has 2 aromatic carbocycles. The zero-order valence-electron chi connectivity index (χ0n) is 12.7. The molecule has 0 aliphatic carbocycles. The van der Waals surface area contributed by atoms with Gasteiger partial charge in [0.15, 0.2) is 18.1 Å². The lowest BCUT2D eigenvalue weighted by atomic mass is 10.2. The van der Waals surface area contributed by atoms with Gasteiger partial charge in [-0.05, 0) is 23.8 Å². The standard InChI is InChI=1S/C17H18N2O3S/c1-21-15-9-13(7-8-14(15)22-11-16(18)20)17(23)19-10-12-5-3-2-4-6-12/h2-9H,10-11H2,1H3,(H2,18,20)(H,19,23). The van der Waals surface area contributed by atoms with Crippen molar-refractivity contribution in [3.05, 3.63) is 59.7 Å². The number of hydrogen-bond donors (Lipinski definition) is 2. The van der Waals surface area contributed by atoms with Crippen molar-refractivity contribution in [3.8, 4) is 11.5 Å². The van der Waals surface area contributed by atoms with Crippen LogP contribution < -0.4 is 20.5 Å². The zero-order valence-corrected chi connectivity index (χ0v) is 13.6. The van der Waals surface area contributed by atoms with Crippen LogP contribution in [0.3, 0.4) is 0 Å². The lowest BCUT2D eigenvalue weighted by Gasteiger charge is -2.13. The van der Waals surface area contributed by atoms with E-state index in [9.17, 15) is 4.79 Å². The Kier molecular flexibility index (Phi) is 5.94. The van der Waals surface area contributed by atoms with Gasteiger partial charge in [0, 0.05) is 12.1 Å². The summed E-state index contributed by atoms with van der Waals surface area (Å²) in [5, 5.41) is 3.20. The topological polar surface area (TPSA) is 73.6 Å². The molecule has 0 radical (unpaired) electrons. The number of carbonyl (C=O) groups is 1. The minimum absolute atomic E-state index is 0.202. The number of rotatable bonds is 7. The molecule has 0 aliphatic heterocycles. The predicted molar refractivity (Wildman–Crippen MR) is 92.7 cm³/mol. The molecule has 120 valence electrons. The van der Waals surface area contributed by atoms with Gasteiger partial charge in [-0.1, -0.05) is 42.5 Å². The minimum atomic E-state index is -0.545. The molecule has 23 heavy (non-hydrogen) atoms. The van der Waals surface area contributed by atoms with Gasteiger partial charge in [0.1, 0.15) is 4.99 Å². The maximum Gasteiger partial charge on any atom is 0.255 e. The van der Waals surface area contributed by atoms with E-state index in [4.69, 9.17) is 27.4 Å². The number of carbonyl (C=O) groups excluding carboxylic acids is 1. The van der Waals surface area contributed by atoms with Crippen LogP contribution >= 0.6 is 12.2 Å². The fraction of sp³-hybridized carbons (Fsp3) is 0.176. The molecule has 0 atom stereocenters. The first kappa shape index (κ1) is 16.8. The van der Waals surface area contributed by atoms with E-state index in [-0.39, 0.29) is 6.61 Å². The Labute approximate surface area is 140 Å². The van der Waals surface area contributed by atoms with Crippen molar-refractivity contribution in [1.82, 2.24) is 5.32 Å². The number of benzene rings is 2. The maximum absolute atomic E-state index is 10.8. The molecule has 0 saturated heterocycles. The highest BCUT2D eigenvalue weighted by molar-refractivity contribution is 7.80. The van der Waals surface area contributed by atoms with Crippen molar-refractivity contribution in [2.75, 3.05) is 13.7 Å². The summed E-state index contributed by atoms with van der Waals surface area (Å²) >= 11 is 5.40. The maximum atomic E-state index is 10.8. The summed E-state index contributed by atoms with van der Waals surface area (Å²) in [5.41, 5.74) is 7.02. The number of hydrogen-bond acceptors (Lipinski definition) is 4. The van der Waals surface area contributed by atoms with Gasteiger partial charge >= 0.3 is 0 Å². The molecule has 5 nitrogen and oxygen atoms in total. The molecule has 2 aromatic rings. The van der Waals surface area contributed by atoms with E-state index in [1.54, 1.807) is 18.2 Å². The van der Waals surface area contributed by atoms with Crippen LogP contribution in [0, 0.1) is 0 Å². The Balaban J connectivity index is 2.04. The smallest absolute Gasteiger partial charge is 0.255 e. The highest BCUT2D eigenvalue weighted by Gasteiger charge is 2.09. The number of ether oxygens (including phenoxy) is 2. The molecule has 1 amide bonds. The first-order valence-electron chi connectivity index (χ1n) is 7.01. The monoisotopic (exact) mass is 330 g/mol. The van der Waals surface area contributed by atoms with Crippen molar-refractivity contribution in [2.45, 2.75) is 6.54 Å². The Bertz CT molecular complexity index is 689. The molecular formula is C17H18N2O3S. The first-order valence-corrected chi connectivity index (χ1v) is 7.42. The summed E-state index contributed by atoms with van der Waals surface area (Å²) in [6.45, 7) is 0.439. The zero-order chi connectivity index (χ0) is 16.7. The molecule has 2 rings (SSSR count). The predicted octanol–water partition coefficient (Wildman–Crippen LogP) is 2.02. The van der Waals surface area contributed by atoms with Crippen LogP contribution in [-0.4, -0.2) is 24.6 Å². The van der Waals surface area contributed by atoms with Gasteiger partial charge in [-0.15, -0.1) is 0 Å². The van der Waals surface area contributed by atoms with E-state index in [0.29, 0.717) is 23.0 Å². The molecule has 6 heteroatoms. The van der Waals surface area contributed by atoms with Crippen molar-refractivity contribution >= 4 is 23.1 Å². The SMILES string of the molecule is COc1cc(C(=S)NCc2ccccc2)ccc1OCC(N)=O. The van der Waals surface area contributed by atoms with Crippen molar-refractivity contribution in [1.29, 1.82) is 0 Å². The number of nitrogens with two attached hydrogens (primary N) is 1. The largest absolute Gasteiger partial charge is 0.493 e. The van der Waals surface area contributed by atoms with Crippen molar-refractivity contribution in [3.63, 3.8) is 0 Å². The molecule has 0 unspecified atom stereocenters. The fourth-order valence-electron chi connectivity index (χ4n) is 1.96. The molecule has 0 saturated carbocycles. The Morgan fingerprint density at radius 2 is 1.91 bits per heavy atom. The summed E-state index contributed by atoms with van der Waals surface area (Å²) in [5.74, 6) is 0.393. The lowest BCUT2D eigenvalue weighted by molar-refractivity contribution is -0.119. The van der Waals surface area contributed by atoms with Gasteiger partial charge < -0.3 is 20.5 Å². The molecule has 0 fully saturated rings. The van der Waals surface area contributed by atoms with Gasteiger partial charge in [-0.25, -0.2) is 0 Å². The second-order valence-electron chi connectivity index (χ2n) is 4.79. The average Bonchev–Trinajstić information content (AvgIpc) is 2.58. The summed E-state index contributed by atoms with van der Waals surface area (Å²) < 4.78 is 10.6. The number of thiocarbonyl (C=S) groups is 1. The fourth-order valence-corrected chi connectivity index (χ4v) is 2.16. The molecule has 0 bridgehead atoms. The molecule has 0 aliphatic rings. The van der Waals surface area contributed by atoms with Crippen LogP contribution in [0.2, 0.25) is 0 Å². The summed E-state index contributed by atoms with van der Waals surface area (Å²) in [6.07, 6.45) is 0. The van der Waals surface area contributed by atoms with E-state index in [1.807, 2.05) is 30.3 Å². The second kappa shape index (κ2) is 8.14. The summed E-state index contributed by atoms with van der Waals surface area (Å²) in [7, 11) is 1.52. The normalized spacial score (nSPS) is 9.96. The van der Waals surface area contributed by atoms with Gasteiger partial charge in [0.2, 0.25) is 0 Å². The third-order valence-electron chi connectivity index (χ3n) is 3.09. The van der Waals surface area contributed by atoms with E-state index < -0.39 is 5.91 Å².